The number of pyridine rings is 2. The Kier molecular flexibility index (Phi) is 3.67. The fourth-order valence-corrected chi connectivity index (χ4v) is 3.21. The van der Waals surface area contributed by atoms with Gasteiger partial charge in [0.25, 0.3) is 0 Å². The second-order valence-electron chi connectivity index (χ2n) is 6.14. The van der Waals surface area contributed by atoms with Crippen molar-refractivity contribution < 1.29 is 0 Å². The summed E-state index contributed by atoms with van der Waals surface area (Å²) in [6, 6.07) is 16.7. The van der Waals surface area contributed by atoms with Gasteiger partial charge >= 0.3 is 0 Å². The van der Waals surface area contributed by atoms with Crippen LogP contribution in [0.2, 0.25) is 0 Å². The summed E-state index contributed by atoms with van der Waals surface area (Å²) in [7, 11) is 0. The molecule has 0 radical (unpaired) electrons. The zero-order valence-corrected chi connectivity index (χ0v) is 13.1. The molecular formula is C19H20N4. The zero-order chi connectivity index (χ0) is 15.6. The Labute approximate surface area is 136 Å². The molecular weight excluding hydrogens is 284 g/mol. The molecule has 1 aliphatic rings. The van der Waals surface area contributed by atoms with Gasteiger partial charge in [-0.25, -0.2) is 9.97 Å². The van der Waals surface area contributed by atoms with Crippen LogP contribution in [-0.2, 0) is 19.4 Å². The number of nitrogen functional groups attached to an aromatic ring is 1. The quantitative estimate of drug-likeness (QED) is 0.808. The van der Waals surface area contributed by atoms with Gasteiger partial charge in [-0.05, 0) is 35.7 Å². The first-order valence-corrected chi connectivity index (χ1v) is 8.09. The van der Waals surface area contributed by atoms with Crippen LogP contribution in [-0.4, -0.2) is 28.0 Å². The second-order valence-corrected chi connectivity index (χ2v) is 6.14. The molecule has 0 saturated heterocycles. The third-order valence-corrected chi connectivity index (χ3v) is 4.49. The maximum atomic E-state index is 5.76. The fraction of sp³-hybridized carbons (Fsp3) is 0.263. The van der Waals surface area contributed by atoms with E-state index in [9.17, 15) is 0 Å². The predicted molar refractivity (Wildman–Crippen MR) is 93.1 cm³/mol. The first-order valence-electron chi connectivity index (χ1n) is 8.09. The minimum Gasteiger partial charge on any atom is -0.384 e. The lowest BCUT2D eigenvalue weighted by molar-refractivity contribution is 0.255. The third kappa shape index (κ3) is 3.03. The van der Waals surface area contributed by atoms with Crippen molar-refractivity contribution in [3.8, 4) is 0 Å². The van der Waals surface area contributed by atoms with E-state index in [1.807, 2.05) is 12.1 Å². The smallest absolute Gasteiger partial charge is 0.161 e. The van der Waals surface area contributed by atoms with Gasteiger partial charge in [-0.1, -0.05) is 30.3 Å². The summed E-state index contributed by atoms with van der Waals surface area (Å²) in [5, 5.41) is 1.07. The first-order chi connectivity index (χ1) is 11.3. The Morgan fingerprint density at radius 2 is 1.91 bits per heavy atom. The van der Waals surface area contributed by atoms with E-state index in [1.54, 1.807) is 0 Å². The molecule has 1 aromatic carbocycles. The van der Waals surface area contributed by atoms with Crippen molar-refractivity contribution >= 4 is 16.9 Å². The van der Waals surface area contributed by atoms with Gasteiger partial charge in [-0.15, -0.1) is 0 Å². The minimum absolute atomic E-state index is 0.533. The van der Waals surface area contributed by atoms with Gasteiger partial charge in [0.2, 0.25) is 0 Å². The Hall–Kier alpha value is -2.46. The van der Waals surface area contributed by atoms with Gasteiger partial charge in [-0.3, -0.25) is 4.90 Å². The van der Waals surface area contributed by atoms with Crippen molar-refractivity contribution in [2.45, 2.75) is 19.4 Å². The van der Waals surface area contributed by atoms with Gasteiger partial charge in [0.15, 0.2) is 5.65 Å². The number of hydrogen-bond acceptors (Lipinski definition) is 4. The molecule has 0 unspecified atom stereocenters. The molecule has 0 bridgehead atoms. The summed E-state index contributed by atoms with van der Waals surface area (Å²) in [5.74, 6) is 0.533. The molecule has 0 amide bonds. The zero-order valence-electron chi connectivity index (χ0n) is 13.1. The molecule has 4 heteroatoms. The molecule has 116 valence electrons. The summed E-state index contributed by atoms with van der Waals surface area (Å²) in [5.41, 5.74) is 10.4. The number of anilines is 1. The average molecular weight is 304 g/mol. The van der Waals surface area contributed by atoms with Gasteiger partial charge < -0.3 is 5.73 Å². The van der Waals surface area contributed by atoms with E-state index in [-0.39, 0.29) is 0 Å². The van der Waals surface area contributed by atoms with Crippen molar-refractivity contribution in [2.24, 2.45) is 0 Å². The van der Waals surface area contributed by atoms with E-state index in [1.165, 1.54) is 16.8 Å². The van der Waals surface area contributed by atoms with Crippen LogP contribution in [0.25, 0.3) is 11.0 Å². The molecule has 0 atom stereocenters. The molecule has 0 fully saturated rings. The summed E-state index contributed by atoms with van der Waals surface area (Å²) in [4.78, 5) is 11.6. The lowest BCUT2D eigenvalue weighted by atomic mass is 10.0. The van der Waals surface area contributed by atoms with Crippen LogP contribution in [0.1, 0.15) is 16.8 Å². The fourth-order valence-electron chi connectivity index (χ4n) is 3.21. The normalized spacial score (nSPS) is 14.8. The lowest BCUT2D eigenvalue weighted by Gasteiger charge is -2.28. The SMILES string of the molecule is Nc1ccc2cc3c(nc2n1)CCN(CCc1ccccc1)C3. The maximum absolute atomic E-state index is 5.76. The van der Waals surface area contributed by atoms with Crippen LogP contribution in [0.3, 0.4) is 0 Å². The Morgan fingerprint density at radius 1 is 1.04 bits per heavy atom. The first kappa shape index (κ1) is 14.2. The van der Waals surface area contributed by atoms with Crippen molar-refractivity contribution in [1.29, 1.82) is 0 Å². The Bertz CT molecular complexity index is 829. The Morgan fingerprint density at radius 3 is 2.78 bits per heavy atom. The summed E-state index contributed by atoms with van der Waals surface area (Å²) < 4.78 is 0. The predicted octanol–water partition coefficient (Wildman–Crippen LogP) is 2.81. The van der Waals surface area contributed by atoms with Crippen LogP contribution in [0.5, 0.6) is 0 Å². The molecule has 3 heterocycles. The summed E-state index contributed by atoms with van der Waals surface area (Å²) >= 11 is 0. The molecule has 0 spiro atoms. The van der Waals surface area contributed by atoms with E-state index in [4.69, 9.17) is 10.7 Å². The highest BCUT2D eigenvalue weighted by molar-refractivity contribution is 5.77. The molecule has 0 aliphatic carbocycles. The van der Waals surface area contributed by atoms with Crippen LogP contribution >= 0.6 is 0 Å². The largest absolute Gasteiger partial charge is 0.384 e. The molecule has 3 aromatic rings. The Balaban J connectivity index is 1.51. The third-order valence-electron chi connectivity index (χ3n) is 4.49. The number of nitrogens with zero attached hydrogens (tertiary/aromatic N) is 3. The number of aromatic nitrogens is 2. The number of benzene rings is 1. The molecule has 23 heavy (non-hydrogen) atoms. The molecule has 2 N–H and O–H groups in total. The standard InChI is InChI=1S/C19H20N4/c20-18-7-6-15-12-16-13-23(10-8-14-4-2-1-3-5-14)11-9-17(16)21-19(15)22-18/h1-7,12H,8-11,13H2,(H2,20,21,22). The minimum atomic E-state index is 0.533. The highest BCUT2D eigenvalue weighted by Crippen LogP contribution is 2.22. The molecule has 2 aromatic heterocycles. The molecule has 0 saturated carbocycles. The molecule has 1 aliphatic heterocycles. The second kappa shape index (κ2) is 5.97. The van der Waals surface area contributed by atoms with Gasteiger partial charge in [0, 0.05) is 37.1 Å². The maximum Gasteiger partial charge on any atom is 0.161 e. The van der Waals surface area contributed by atoms with E-state index >= 15 is 0 Å². The number of hydrogen-bond donors (Lipinski definition) is 1. The van der Waals surface area contributed by atoms with E-state index in [0.717, 1.165) is 43.5 Å². The highest BCUT2D eigenvalue weighted by atomic mass is 15.1. The van der Waals surface area contributed by atoms with Crippen molar-refractivity contribution in [3.63, 3.8) is 0 Å². The lowest BCUT2D eigenvalue weighted by Crippen LogP contribution is -2.32. The van der Waals surface area contributed by atoms with Crippen molar-refractivity contribution in [2.75, 3.05) is 18.8 Å². The number of rotatable bonds is 3. The topological polar surface area (TPSA) is 55.0 Å². The van der Waals surface area contributed by atoms with Crippen molar-refractivity contribution in [1.82, 2.24) is 14.9 Å². The van der Waals surface area contributed by atoms with Crippen LogP contribution < -0.4 is 5.73 Å². The highest BCUT2D eigenvalue weighted by Gasteiger charge is 2.18. The van der Waals surface area contributed by atoms with E-state index in [2.05, 4.69) is 46.3 Å². The van der Waals surface area contributed by atoms with Crippen molar-refractivity contribution in [3.05, 3.63) is 65.4 Å². The summed E-state index contributed by atoms with van der Waals surface area (Å²) in [6.45, 7) is 3.11. The van der Waals surface area contributed by atoms with Gasteiger partial charge in [0.05, 0.1) is 0 Å². The summed E-state index contributed by atoms with van der Waals surface area (Å²) in [6.07, 6.45) is 2.08. The average Bonchev–Trinajstić information content (AvgIpc) is 2.59. The van der Waals surface area contributed by atoms with Crippen LogP contribution in [0, 0.1) is 0 Å². The molecule has 4 nitrogen and oxygen atoms in total. The van der Waals surface area contributed by atoms with Gasteiger partial charge in [-0.2, -0.15) is 0 Å². The van der Waals surface area contributed by atoms with Gasteiger partial charge in [0.1, 0.15) is 5.82 Å². The van der Waals surface area contributed by atoms with E-state index < -0.39 is 0 Å². The van der Waals surface area contributed by atoms with Crippen LogP contribution in [0.15, 0.2) is 48.5 Å². The molecule has 4 rings (SSSR count). The number of nitrogens with two attached hydrogens (primary N) is 1. The number of fused-ring (bicyclic) bond motifs is 2. The van der Waals surface area contributed by atoms with Crippen LogP contribution in [0.4, 0.5) is 5.82 Å². The van der Waals surface area contributed by atoms with E-state index in [0.29, 0.717) is 5.82 Å². The monoisotopic (exact) mass is 304 g/mol.